The molecule has 0 bridgehead atoms. The fourth-order valence-electron chi connectivity index (χ4n) is 2.90. The minimum absolute atomic E-state index is 0.234. The Morgan fingerprint density at radius 2 is 2.11 bits per heavy atom. The zero-order valence-electron chi connectivity index (χ0n) is 15.0. The van der Waals surface area contributed by atoms with Crippen molar-refractivity contribution in [2.24, 2.45) is 0 Å². The Kier molecular flexibility index (Phi) is 4.59. The van der Waals surface area contributed by atoms with Gasteiger partial charge in [0.1, 0.15) is 0 Å². The zero-order chi connectivity index (χ0) is 19.5. The Hall–Kier alpha value is -3.94. The highest BCUT2D eigenvalue weighted by Crippen LogP contribution is 2.23. The molecule has 0 saturated carbocycles. The van der Waals surface area contributed by atoms with Crippen molar-refractivity contribution in [3.63, 3.8) is 0 Å². The van der Waals surface area contributed by atoms with Gasteiger partial charge in [-0.05, 0) is 29.8 Å². The predicted molar refractivity (Wildman–Crippen MR) is 99.8 cm³/mol. The lowest BCUT2D eigenvalue weighted by molar-refractivity contribution is 0.101. The van der Waals surface area contributed by atoms with Crippen LogP contribution in [-0.4, -0.2) is 33.6 Å². The number of ketones is 1. The highest BCUT2D eigenvalue weighted by Gasteiger charge is 2.19. The number of methoxy groups -OCH3 is 1. The van der Waals surface area contributed by atoms with Crippen LogP contribution in [0.15, 0.2) is 65.5 Å². The van der Waals surface area contributed by atoms with Gasteiger partial charge in [0, 0.05) is 18.3 Å². The molecule has 0 aliphatic heterocycles. The van der Waals surface area contributed by atoms with Crippen LogP contribution in [0.2, 0.25) is 0 Å². The van der Waals surface area contributed by atoms with E-state index in [1.165, 1.54) is 19.6 Å². The van der Waals surface area contributed by atoms with Gasteiger partial charge in [0.15, 0.2) is 11.4 Å². The quantitative estimate of drug-likeness (QED) is 0.538. The lowest BCUT2D eigenvalue weighted by Crippen LogP contribution is -2.22. The van der Waals surface area contributed by atoms with Crippen molar-refractivity contribution >= 4 is 17.5 Å². The molecule has 0 aliphatic carbocycles. The third-order valence-corrected chi connectivity index (χ3v) is 4.24. The van der Waals surface area contributed by atoms with Crippen LogP contribution in [0.5, 0.6) is 0 Å². The van der Waals surface area contributed by atoms with Crippen molar-refractivity contribution < 1.29 is 18.7 Å². The van der Waals surface area contributed by atoms with E-state index in [1.807, 2.05) is 30.3 Å². The van der Waals surface area contributed by atoms with E-state index < -0.39 is 6.09 Å². The maximum absolute atomic E-state index is 12.6. The van der Waals surface area contributed by atoms with Crippen LogP contribution in [0.25, 0.3) is 16.9 Å². The number of carbonyl (C=O) groups excluding carboxylic acids is 2. The number of hydrogen-bond acceptors (Lipinski definition) is 6. The maximum Gasteiger partial charge on any atom is 0.407 e. The van der Waals surface area contributed by atoms with Crippen LogP contribution in [0.3, 0.4) is 0 Å². The molecule has 8 heteroatoms. The van der Waals surface area contributed by atoms with Crippen LogP contribution >= 0.6 is 0 Å². The monoisotopic (exact) mass is 376 g/mol. The van der Waals surface area contributed by atoms with Gasteiger partial charge < -0.3 is 14.5 Å². The molecule has 3 aromatic heterocycles. The summed E-state index contributed by atoms with van der Waals surface area (Å²) in [7, 11) is 1.32. The number of rotatable bonds is 5. The zero-order valence-corrected chi connectivity index (χ0v) is 15.0. The van der Waals surface area contributed by atoms with E-state index in [-0.39, 0.29) is 11.5 Å². The molecule has 0 spiro atoms. The second-order valence-electron chi connectivity index (χ2n) is 5.98. The van der Waals surface area contributed by atoms with Crippen molar-refractivity contribution in [2.75, 3.05) is 7.11 Å². The van der Waals surface area contributed by atoms with Gasteiger partial charge in [-0.2, -0.15) is 5.10 Å². The van der Waals surface area contributed by atoms with Gasteiger partial charge in [0.2, 0.25) is 5.78 Å². The molecule has 140 valence electrons. The highest BCUT2D eigenvalue weighted by molar-refractivity contribution is 6.10. The summed E-state index contributed by atoms with van der Waals surface area (Å²) in [6.07, 6.45) is 4.07. The first-order valence-electron chi connectivity index (χ1n) is 8.49. The summed E-state index contributed by atoms with van der Waals surface area (Å²) in [4.78, 5) is 28.2. The third-order valence-electron chi connectivity index (χ3n) is 4.24. The first kappa shape index (κ1) is 17.5. The molecule has 0 fully saturated rings. The van der Waals surface area contributed by atoms with E-state index in [0.717, 1.165) is 16.8 Å². The average molecular weight is 376 g/mol. The smallest absolute Gasteiger partial charge is 0.407 e. The molecule has 3 heterocycles. The van der Waals surface area contributed by atoms with Gasteiger partial charge >= 0.3 is 6.09 Å². The van der Waals surface area contributed by atoms with E-state index in [0.29, 0.717) is 17.8 Å². The highest BCUT2D eigenvalue weighted by atomic mass is 16.5. The SMILES string of the molecule is COC(=O)NCc1cccc(-c2ccnc3c(C(=O)c4ccco4)cnn23)c1. The topological polar surface area (TPSA) is 98.7 Å². The number of aromatic nitrogens is 3. The lowest BCUT2D eigenvalue weighted by atomic mass is 10.1. The molecule has 1 aromatic carbocycles. The largest absolute Gasteiger partial charge is 0.461 e. The minimum atomic E-state index is -0.495. The number of nitrogens with one attached hydrogen (secondary N) is 1. The Bertz CT molecular complexity index is 1150. The molecule has 0 unspecified atom stereocenters. The Balaban J connectivity index is 1.70. The summed E-state index contributed by atoms with van der Waals surface area (Å²) < 4.78 is 11.4. The molecular weight excluding hydrogens is 360 g/mol. The third kappa shape index (κ3) is 3.23. The van der Waals surface area contributed by atoms with E-state index in [1.54, 1.807) is 22.8 Å². The molecule has 0 aliphatic rings. The molecule has 4 aromatic rings. The molecular formula is C20H16N4O4. The van der Waals surface area contributed by atoms with Crippen molar-refractivity contribution in [1.82, 2.24) is 19.9 Å². The number of benzene rings is 1. The first-order chi connectivity index (χ1) is 13.7. The Morgan fingerprint density at radius 1 is 1.21 bits per heavy atom. The molecule has 1 N–H and O–H groups in total. The number of hydrogen-bond donors (Lipinski definition) is 1. The van der Waals surface area contributed by atoms with E-state index in [2.05, 4.69) is 20.1 Å². The number of amides is 1. The summed E-state index contributed by atoms with van der Waals surface area (Å²) in [5.74, 6) is -0.0429. The standard InChI is InChI=1S/C20H16N4O4/c1-27-20(26)22-11-13-4-2-5-14(10-13)16-7-8-21-19-15(12-23-24(16)19)18(25)17-6-3-9-28-17/h2-10,12H,11H2,1H3,(H,22,26). The summed E-state index contributed by atoms with van der Waals surface area (Å²) >= 11 is 0. The van der Waals surface area contributed by atoms with Gasteiger partial charge in [-0.25, -0.2) is 14.3 Å². The Labute approximate surface area is 159 Å². The van der Waals surface area contributed by atoms with Crippen LogP contribution < -0.4 is 5.32 Å². The molecule has 0 radical (unpaired) electrons. The first-order valence-corrected chi connectivity index (χ1v) is 8.49. The summed E-state index contributed by atoms with van der Waals surface area (Å²) in [5, 5.41) is 6.99. The van der Waals surface area contributed by atoms with Gasteiger partial charge in [-0.1, -0.05) is 18.2 Å². The molecule has 0 saturated heterocycles. The van der Waals surface area contributed by atoms with Crippen LogP contribution in [0.1, 0.15) is 21.7 Å². The number of furan rings is 1. The van der Waals surface area contributed by atoms with Crippen molar-refractivity contribution in [3.05, 3.63) is 78.0 Å². The van der Waals surface area contributed by atoms with Crippen LogP contribution in [-0.2, 0) is 11.3 Å². The number of nitrogens with zero attached hydrogens (tertiary/aromatic N) is 3. The lowest BCUT2D eigenvalue weighted by Gasteiger charge is -2.08. The van der Waals surface area contributed by atoms with Gasteiger partial charge in [-0.15, -0.1) is 0 Å². The summed E-state index contributed by atoms with van der Waals surface area (Å²) in [6.45, 7) is 0.329. The molecule has 28 heavy (non-hydrogen) atoms. The van der Waals surface area contributed by atoms with Crippen molar-refractivity contribution in [2.45, 2.75) is 6.54 Å². The number of ether oxygens (including phenoxy) is 1. The van der Waals surface area contributed by atoms with Crippen molar-refractivity contribution in [3.8, 4) is 11.3 Å². The second kappa shape index (κ2) is 7.36. The predicted octanol–water partition coefficient (Wildman–Crippen LogP) is 3.08. The van der Waals surface area contributed by atoms with Crippen LogP contribution in [0, 0.1) is 0 Å². The van der Waals surface area contributed by atoms with E-state index in [4.69, 9.17) is 4.42 Å². The molecule has 0 atom stereocenters. The van der Waals surface area contributed by atoms with Gasteiger partial charge in [-0.3, -0.25) is 4.79 Å². The molecule has 8 nitrogen and oxygen atoms in total. The van der Waals surface area contributed by atoms with Gasteiger partial charge in [0.05, 0.1) is 30.8 Å². The summed E-state index contributed by atoms with van der Waals surface area (Å²) in [5.41, 5.74) is 3.34. The van der Waals surface area contributed by atoms with E-state index in [9.17, 15) is 9.59 Å². The molecule has 1 amide bonds. The van der Waals surface area contributed by atoms with E-state index >= 15 is 0 Å². The fourth-order valence-corrected chi connectivity index (χ4v) is 2.90. The van der Waals surface area contributed by atoms with Crippen molar-refractivity contribution in [1.29, 1.82) is 0 Å². The number of alkyl carbamates (subject to hydrolysis) is 1. The Morgan fingerprint density at radius 3 is 2.89 bits per heavy atom. The van der Waals surface area contributed by atoms with Crippen LogP contribution in [0.4, 0.5) is 4.79 Å². The molecule has 4 rings (SSSR count). The normalized spacial score (nSPS) is 10.8. The number of carbonyl (C=O) groups is 2. The fraction of sp³-hybridized carbons (Fsp3) is 0.100. The second-order valence-corrected chi connectivity index (χ2v) is 5.98. The van der Waals surface area contributed by atoms with Gasteiger partial charge in [0.25, 0.3) is 0 Å². The maximum atomic E-state index is 12.6. The minimum Gasteiger partial charge on any atom is -0.461 e. The number of fused-ring (bicyclic) bond motifs is 1. The summed E-state index contributed by atoms with van der Waals surface area (Å²) in [6, 6.07) is 12.7. The average Bonchev–Trinajstić information content (AvgIpc) is 3.41.